The predicted octanol–water partition coefficient (Wildman–Crippen LogP) is 1.01. The molecule has 0 rings (SSSR count). The van der Waals surface area contributed by atoms with Gasteiger partial charge >= 0.3 is 0 Å². The number of nitriles is 1. The first-order chi connectivity index (χ1) is 7.10. The van der Waals surface area contributed by atoms with Gasteiger partial charge in [0.1, 0.15) is 0 Å². The molecule has 0 heterocycles. The van der Waals surface area contributed by atoms with Gasteiger partial charge < -0.3 is 9.84 Å². The minimum Gasteiger partial charge on any atom is -0.389 e. The molecule has 0 bridgehead atoms. The van der Waals surface area contributed by atoms with Gasteiger partial charge in [-0.3, -0.25) is 4.90 Å². The lowest BCUT2D eigenvalue weighted by molar-refractivity contribution is -0.00696. The van der Waals surface area contributed by atoms with E-state index < -0.39 is 6.10 Å². The van der Waals surface area contributed by atoms with Crippen molar-refractivity contribution in [3.05, 3.63) is 0 Å². The number of hydrogen-bond acceptors (Lipinski definition) is 4. The molecule has 15 heavy (non-hydrogen) atoms. The van der Waals surface area contributed by atoms with Crippen molar-refractivity contribution < 1.29 is 9.84 Å². The fourth-order valence-electron chi connectivity index (χ4n) is 1.31. The zero-order chi connectivity index (χ0) is 11.7. The molecule has 0 aromatic carbocycles. The standard InChI is InChI=1S/C11H22N2O2/c1-4-6-13(7-5-12)8-11(14)9-15-10(2)3/h10-11,14H,4,6-9H2,1-3H3. The van der Waals surface area contributed by atoms with Gasteiger partial charge in [0.2, 0.25) is 0 Å². The van der Waals surface area contributed by atoms with Gasteiger partial charge in [-0.2, -0.15) is 5.26 Å². The van der Waals surface area contributed by atoms with Crippen LogP contribution in [0.25, 0.3) is 0 Å². The monoisotopic (exact) mass is 214 g/mol. The molecular formula is C11H22N2O2. The highest BCUT2D eigenvalue weighted by molar-refractivity contribution is 4.77. The Labute approximate surface area is 92.4 Å². The number of rotatable bonds is 8. The highest BCUT2D eigenvalue weighted by Crippen LogP contribution is 1.97. The molecule has 4 heteroatoms. The molecule has 0 saturated carbocycles. The number of nitrogens with zero attached hydrogens (tertiary/aromatic N) is 2. The van der Waals surface area contributed by atoms with Crippen LogP contribution in [-0.2, 0) is 4.74 Å². The van der Waals surface area contributed by atoms with E-state index in [0.717, 1.165) is 13.0 Å². The van der Waals surface area contributed by atoms with Gasteiger partial charge in [-0.05, 0) is 26.8 Å². The van der Waals surface area contributed by atoms with Gasteiger partial charge in [0.15, 0.2) is 0 Å². The van der Waals surface area contributed by atoms with Crippen LogP contribution in [-0.4, -0.2) is 48.5 Å². The maximum Gasteiger partial charge on any atom is 0.0900 e. The van der Waals surface area contributed by atoms with Crippen LogP contribution in [0.5, 0.6) is 0 Å². The normalized spacial score (nSPS) is 13.1. The molecule has 0 spiro atoms. The summed E-state index contributed by atoms with van der Waals surface area (Å²) in [6.45, 7) is 7.98. The van der Waals surface area contributed by atoms with Crippen LogP contribution in [0.4, 0.5) is 0 Å². The van der Waals surface area contributed by atoms with E-state index in [1.54, 1.807) is 0 Å². The second kappa shape index (κ2) is 8.66. The van der Waals surface area contributed by atoms with E-state index in [0.29, 0.717) is 19.7 Å². The summed E-state index contributed by atoms with van der Waals surface area (Å²) in [6.07, 6.45) is 0.613. The second-order valence-corrected chi connectivity index (χ2v) is 3.93. The van der Waals surface area contributed by atoms with E-state index in [-0.39, 0.29) is 6.10 Å². The molecule has 0 aliphatic heterocycles. The second-order valence-electron chi connectivity index (χ2n) is 3.93. The molecule has 0 fully saturated rings. The van der Waals surface area contributed by atoms with E-state index in [1.807, 2.05) is 18.7 Å². The summed E-state index contributed by atoms with van der Waals surface area (Å²) in [4.78, 5) is 1.94. The van der Waals surface area contributed by atoms with Crippen LogP contribution in [0.2, 0.25) is 0 Å². The molecule has 4 nitrogen and oxygen atoms in total. The number of hydrogen-bond donors (Lipinski definition) is 1. The number of aliphatic hydroxyl groups is 1. The Hall–Kier alpha value is -0.630. The maximum atomic E-state index is 9.65. The minimum absolute atomic E-state index is 0.134. The first kappa shape index (κ1) is 14.4. The summed E-state index contributed by atoms with van der Waals surface area (Å²) in [5.74, 6) is 0. The third-order valence-corrected chi connectivity index (χ3v) is 1.93. The zero-order valence-corrected chi connectivity index (χ0v) is 9.94. The molecule has 0 saturated heterocycles. The van der Waals surface area contributed by atoms with Crippen molar-refractivity contribution >= 4 is 0 Å². The van der Waals surface area contributed by atoms with E-state index in [9.17, 15) is 5.11 Å². The molecule has 0 aromatic heterocycles. The number of ether oxygens (including phenoxy) is 1. The number of aliphatic hydroxyl groups excluding tert-OH is 1. The smallest absolute Gasteiger partial charge is 0.0900 e. The van der Waals surface area contributed by atoms with E-state index >= 15 is 0 Å². The Balaban J connectivity index is 3.78. The molecule has 0 aromatic rings. The molecule has 1 N–H and O–H groups in total. The van der Waals surface area contributed by atoms with Gasteiger partial charge in [-0.15, -0.1) is 0 Å². The van der Waals surface area contributed by atoms with Gasteiger partial charge in [0, 0.05) is 6.54 Å². The van der Waals surface area contributed by atoms with Crippen molar-refractivity contribution in [1.82, 2.24) is 4.90 Å². The fourth-order valence-corrected chi connectivity index (χ4v) is 1.31. The summed E-state index contributed by atoms with van der Waals surface area (Å²) in [5, 5.41) is 18.2. The molecule has 0 aliphatic rings. The Morgan fingerprint density at radius 2 is 2.13 bits per heavy atom. The summed E-state index contributed by atoms with van der Waals surface area (Å²) < 4.78 is 5.30. The SMILES string of the molecule is CCCN(CC#N)CC(O)COC(C)C. The average molecular weight is 214 g/mol. The minimum atomic E-state index is -0.507. The first-order valence-corrected chi connectivity index (χ1v) is 5.49. The van der Waals surface area contributed by atoms with Crippen LogP contribution in [0, 0.1) is 11.3 Å². The zero-order valence-electron chi connectivity index (χ0n) is 9.94. The third kappa shape index (κ3) is 8.37. The Kier molecular flexibility index (Phi) is 8.30. The fraction of sp³-hybridized carbons (Fsp3) is 0.909. The van der Waals surface area contributed by atoms with Crippen LogP contribution in [0.15, 0.2) is 0 Å². The quantitative estimate of drug-likeness (QED) is 0.613. The van der Waals surface area contributed by atoms with Gasteiger partial charge in [0.25, 0.3) is 0 Å². The van der Waals surface area contributed by atoms with Crippen molar-refractivity contribution in [2.45, 2.75) is 39.4 Å². The topological polar surface area (TPSA) is 56.5 Å². The molecule has 0 radical (unpaired) electrons. The third-order valence-electron chi connectivity index (χ3n) is 1.93. The summed E-state index contributed by atoms with van der Waals surface area (Å²) in [5.41, 5.74) is 0. The van der Waals surface area contributed by atoms with E-state index in [4.69, 9.17) is 10.00 Å². The van der Waals surface area contributed by atoms with E-state index in [2.05, 4.69) is 13.0 Å². The van der Waals surface area contributed by atoms with Crippen molar-refractivity contribution in [3.8, 4) is 6.07 Å². The Morgan fingerprint density at radius 1 is 1.47 bits per heavy atom. The Morgan fingerprint density at radius 3 is 2.60 bits per heavy atom. The molecule has 88 valence electrons. The van der Waals surface area contributed by atoms with Crippen LogP contribution in [0.3, 0.4) is 0 Å². The predicted molar refractivity (Wildman–Crippen MR) is 59.4 cm³/mol. The lowest BCUT2D eigenvalue weighted by Crippen LogP contribution is -2.36. The average Bonchev–Trinajstić information content (AvgIpc) is 2.15. The lowest BCUT2D eigenvalue weighted by Gasteiger charge is -2.22. The lowest BCUT2D eigenvalue weighted by atomic mass is 10.3. The van der Waals surface area contributed by atoms with E-state index in [1.165, 1.54) is 0 Å². The highest BCUT2D eigenvalue weighted by Gasteiger charge is 2.11. The molecule has 1 unspecified atom stereocenters. The van der Waals surface area contributed by atoms with Crippen LogP contribution >= 0.6 is 0 Å². The Bertz CT molecular complexity index is 190. The molecular weight excluding hydrogens is 192 g/mol. The van der Waals surface area contributed by atoms with Crippen molar-refractivity contribution in [2.24, 2.45) is 0 Å². The van der Waals surface area contributed by atoms with Crippen LogP contribution < -0.4 is 0 Å². The highest BCUT2D eigenvalue weighted by atomic mass is 16.5. The summed E-state index contributed by atoms with van der Waals surface area (Å²) >= 11 is 0. The largest absolute Gasteiger partial charge is 0.389 e. The van der Waals surface area contributed by atoms with Gasteiger partial charge in [-0.25, -0.2) is 0 Å². The van der Waals surface area contributed by atoms with Crippen LogP contribution in [0.1, 0.15) is 27.2 Å². The maximum absolute atomic E-state index is 9.65. The molecule has 0 amide bonds. The van der Waals surface area contributed by atoms with Gasteiger partial charge in [-0.1, -0.05) is 6.92 Å². The summed E-state index contributed by atoms with van der Waals surface area (Å²) in [6, 6.07) is 2.10. The van der Waals surface area contributed by atoms with Crippen molar-refractivity contribution in [1.29, 1.82) is 5.26 Å². The van der Waals surface area contributed by atoms with Crippen molar-refractivity contribution in [2.75, 3.05) is 26.2 Å². The van der Waals surface area contributed by atoms with Crippen molar-refractivity contribution in [3.63, 3.8) is 0 Å². The first-order valence-electron chi connectivity index (χ1n) is 5.49. The molecule has 1 atom stereocenters. The van der Waals surface area contributed by atoms with Gasteiger partial charge in [0.05, 0.1) is 31.4 Å². The molecule has 0 aliphatic carbocycles. The summed E-state index contributed by atoms with van der Waals surface area (Å²) in [7, 11) is 0.